The predicted octanol–water partition coefficient (Wildman–Crippen LogP) is 2.57. The van der Waals surface area contributed by atoms with E-state index in [1.807, 2.05) is 0 Å². The largest absolute Gasteiger partial charge is 0.481 e. The molecule has 1 aliphatic carbocycles. The van der Waals surface area contributed by atoms with E-state index in [4.69, 9.17) is 5.11 Å². The Balaban J connectivity index is 1.75. The number of nitrogens with zero attached hydrogens (tertiary/aromatic N) is 1. The zero-order valence-corrected chi connectivity index (χ0v) is 12.4. The summed E-state index contributed by atoms with van der Waals surface area (Å²) in [6, 6.07) is 6.21. The Morgan fingerprint density at radius 2 is 1.73 bits per heavy atom. The number of carbonyl (C=O) groups is 2. The Bertz CT molecular complexity index is 572. The third-order valence-electron chi connectivity index (χ3n) is 5.14. The van der Waals surface area contributed by atoms with Crippen molar-refractivity contribution in [1.29, 1.82) is 0 Å². The summed E-state index contributed by atoms with van der Waals surface area (Å²) >= 11 is 0. The molecule has 4 nitrogen and oxygen atoms in total. The van der Waals surface area contributed by atoms with E-state index >= 15 is 0 Å². The topological polar surface area (TPSA) is 57.6 Å². The van der Waals surface area contributed by atoms with Crippen LogP contribution in [0, 0.1) is 11.7 Å². The molecular weight excluding hydrogens is 285 g/mol. The number of carbonyl (C=O) groups excluding carboxylic acids is 1. The van der Waals surface area contributed by atoms with Crippen molar-refractivity contribution in [2.45, 2.75) is 37.5 Å². The van der Waals surface area contributed by atoms with E-state index in [0.717, 1.165) is 24.8 Å². The van der Waals surface area contributed by atoms with Crippen LogP contribution in [0.2, 0.25) is 0 Å². The minimum absolute atomic E-state index is 0.0780. The lowest BCUT2D eigenvalue weighted by Crippen LogP contribution is -2.53. The minimum Gasteiger partial charge on any atom is -0.481 e. The molecule has 118 valence electrons. The number of benzene rings is 1. The van der Waals surface area contributed by atoms with Crippen LogP contribution in [0.3, 0.4) is 0 Å². The Kier molecular flexibility index (Phi) is 3.89. The number of rotatable bonds is 3. The number of carboxylic acids is 1. The summed E-state index contributed by atoms with van der Waals surface area (Å²) in [4.78, 5) is 25.8. The van der Waals surface area contributed by atoms with E-state index in [1.165, 1.54) is 12.1 Å². The van der Waals surface area contributed by atoms with Gasteiger partial charge in [-0.2, -0.15) is 0 Å². The van der Waals surface area contributed by atoms with Crippen LogP contribution in [0.1, 0.15) is 37.7 Å². The molecule has 0 radical (unpaired) electrons. The second-order valence-corrected chi connectivity index (χ2v) is 6.35. The number of amides is 1. The summed E-state index contributed by atoms with van der Waals surface area (Å²) in [7, 11) is 0. The van der Waals surface area contributed by atoms with Crippen molar-refractivity contribution in [2.24, 2.45) is 5.92 Å². The van der Waals surface area contributed by atoms with Crippen LogP contribution in [-0.4, -0.2) is 35.0 Å². The van der Waals surface area contributed by atoms with Crippen LogP contribution in [-0.2, 0) is 15.0 Å². The number of carboxylic acid groups (broad SMARTS) is 1. The molecule has 1 aliphatic heterocycles. The predicted molar refractivity (Wildman–Crippen MR) is 78.9 cm³/mol. The van der Waals surface area contributed by atoms with E-state index in [9.17, 15) is 14.0 Å². The van der Waals surface area contributed by atoms with Crippen molar-refractivity contribution in [2.75, 3.05) is 13.1 Å². The number of hydrogen-bond donors (Lipinski definition) is 1. The number of hydrogen-bond acceptors (Lipinski definition) is 2. The fraction of sp³-hybridized carbons (Fsp3) is 0.529. The molecule has 5 heteroatoms. The Morgan fingerprint density at radius 1 is 1.14 bits per heavy atom. The molecule has 22 heavy (non-hydrogen) atoms. The van der Waals surface area contributed by atoms with Crippen molar-refractivity contribution in [3.63, 3.8) is 0 Å². The summed E-state index contributed by atoms with van der Waals surface area (Å²) in [6.45, 7) is 0.998. The molecule has 1 aromatic carbocycles. The van der Waals surface area contributed by atoms with E-state index in [-0.39, 0.29) is 17.6 Å². The van der Waals surface area contributed by atoms with Gasteiger partial charge in [0.25, 0.3) is 0 Å². The van der Waals surface area contributed by atoms with E-state index in [0.29, 0.717) is 25.9 Å². The minimum atomic E-state index is -0.774. The van der Waals surface area contributed by atoms with Gasteiger partial charge in [-0.1, -0.05) is 18.6 Å². The van der Waals surface area contributed by atoms with Gasteiger partial charge in [-0.15, -0.1) is 0 Å². The van der Waals surface area contributed by atoms with E-state index in [2.05, 4.69) is 0 Å². The molecule has 0 spiro atoms. The summed E-state index contributed by atoms with van der Waals surface area (Å²) in [5, 5.41) is 9.05. The average Bonchev–Trinajstić information content (AvgIpc) is 2.48. The van der Waals surface area contributed by atoms with Gasteiger partial charge in [0.2, 0.25) is 5.91 Å². The first-order valence-electron chi connectivity index (χ1n) is 7.81. The van der Waals surface area contributed by atoms with Crippen molar-refractivity contribution < 1.29 is 19.1 Å². The molecule has 0 unspecified atom stereocenters. The zero-order chi connectivity index (χ0) is 15.7. The molecule has 2 fully saturated rings. The number of likely N-dealkylation sites (tertiary alicyclic amines) is 1. The van der Waals surface area contributed by atoms with E-state index in [1.54, 1.807) is 17.0 Å². The number of piperidine rings is 1. The smallest absolute Gasteiger partial charge is 0.306 e. The summed E-state index contributed by atoms with van der Waals surface area (Å²) in [6.07, 6.45) is 3.60. The Hall–Kier alpha value is -1.91. The maximum atomic E-state index is 13.1. The van der Waals surface area contributed by atoms with Crippen LogP contribution in [0.25, 0.3) is 0 Å². The van der Waals surface area contributed by atoms with Crippen LogP contribution in [0.5, 0.6) is 0 Å². The second kappa shape index (κ2) is 5.71. The van der Waals surface area contributed by atoms with Gasteiger partial charge in [0.05, 0.1) is 11.3 Å². The third-order valence-corrected chi connectivity index (χ3v) is 5.14. The lowest BCUT2D eigenvalue weighted by molar-refractivity contribution is -0.148. The van der Waals surface area contributed by atoms with Crippen LogP contribution < -0.4 is 0 Å². The summed E-state index contributed by atoms with van der Waals surface area (Å²) < 4.78 is 13.1. The average molecular weight is 305 g/mol. The second-order valence-electron chi connectivity index (χ2n) is 6.35. The number of aliphatic carboxylic acids is 1. The zero-order valence-electron chi connectivity index (χ0n) is 12.4. The normalized spacial score (nSPS) is 21.2. The lowest BCUT2D eigenvalue weighted by atomic mass is 9.63. The molecule has 1 N–H and O–H groups in total. The van der Waals surface area contributed by atoms with Crippen LogP contribution in [0.4, 0.5) is 4.39 Å². The SMILES string of the molecule is O=C(O)C1CCN(C(=O)C2(c3ccc(F)cc3)CCC2)CC1. The molecule has 0 atom stereocenters. The highest BCUT2D eigenvalue weighted by atomic mass is 19.1. The van der Waals surface area contributed by atoms with Crippen molar-refractivity contribution in [3.05, 3.63) is 35.6 Å². The first-order chi connectivity index (χ1) is 10.5. The summed E-state index contributed by atoms with van der Waals surface area (Å²) in [5.74, 6) is -1.33. The van der Waals surface area contributed by atoms with Crippen LogP contribution in [0.15, 0.2) is 24.3 Å². The maximum Gasteiger partial charge on any atom is 0.306 e. The highest BCUT2D eigenvalue weighted by molar-refractivity contribution is 5.89. The van der Waals surface area contributed by atoms with Gasteiger partial charge in [-0.05, 0) is 43.4 Å². The first-order valence-corrected chi connectivity index (χ1v) is 7.81. The van der Waals surface area contributed by atoms with Gasteiger partial charge in [0.1, 0.15) is 5.82 Å². The Morgan fingerprint density at radius 3 is 2.18 bits per heavy atom. The summed E-state index contributed by atoms with van der Waals surface area (Å²) in [5.41, 5.74) is 0.356. The number of halogens is 1. The van der Waals surface area contributed by atoms with Gasteiger partial charge >= 0.3 is 5.97 Å². The lowest BCUT2D eigenvalue weighted by Gasteiger charge is -2.45. The van der Waals surface area contributed by atoms with Crippen molar-refractivity contribution >= 4 is 11.9 Å². The van der Waals surface area contributed by atoms with Crippen molar-refractivity contribution in [1.82, 2.24) is 4.90 Å². The fourth-order valence-electron chi connectivity index (χ4n) is 3.56. The van der Waals surface area contributed by atoms with Gasteiger partial charge in [-0.3, -0.25) is 9.59 Å². The Labute approximate surface area is 128 Å². The molecule has 1 amide bonds. The van der Waals surface area contributed by atoms with E-state index < -0.39 is 11.4 Å². The molecule has 0 bridgehead atoms. The molecule has 0 aromatic heterocycles. The standard InChI is InChI=1S/C17H20FNO3/c18-14-4-2-13(3-5-14)17(8-1-9-17)16(22)19-10-6-12(7-11-19)15(20)21/h2-5,12H,1,6-11H2,(H,20,21). The first kappa shape index (κ1) is 15.0. The highest BCUT2D eigenvalue weighted by Gasteiger charge is 2.48. The van der Waals surface area contributed by atoms with Gasteiger partial charge in [0.15, 0.2) is 0 Å². The molecule has 3 rings (SSSR count). The molecule has 1 saturated heterocycles. The maximum absolute atomic E-state index is 13.1. The fourth-order valence-corrected chi connectivity index (χ4v) is 3.56. The monoisotopic (exact) mass is 305 g/mol. The third kappa shape index (κ3) is 2.49. The molecule has 1 aromatic rings. The van der Waals surface area contributed by atoms with Gasteiger partial charge in [0, 0.05) is 13.1 Å². The van der Waals surface area contributed by atoms with Crippen LogP contribution >= 0.6 is 0 Å². The molecule has 2 aliphatic rings. The van der Waals surface area contributed by atoms with Gasteiger partial charge in [-0.25, -0.2) is 4.39 Å². The molecule has 1 heterocycles. The quantitative estimate of drug-likeness (QED) is 0.933. The molecule has 1 saturated carbocycles. The van der Waals surface area contributed by atoms with Crippen molar-refractivity contribution in [3.8, 4) is 0 Å². The molecular formula is C17H20FNO3. The highest BCUT2D eigenvalue weighted by Crippen LogP contribution is 2.45. The van der Waals surface area contributed by atoms with Gasteiger partial charge < -0.3 is 10.0 Å².